The molecule has 8 rings (SSSR count). The van der Waals surface area contributed by atoms with Gasteiger partial charge in [0.15, 0.2) is 5.79 Å². The molecule has 5 atom stereocenters. The van der Waals surface area contributed by atoms with E-state index < -0.39 is 11.4 Å². The molecule has 36 heavy (non-hydrogen) atoms. The van der Waals surface area contributed by atoms with Gasteiger partial charge in [0.2, 0.25) is 0 Å². The molecule has 2 saturated heterocycles. The molecule has 1 aromatic heterocycles. The van der Waals surface area contributed by atoms with Crippen LogP contribution in [0.1, 0.15) is 63.9 Å². The highest BCUT2D eigenvalue weighted by Gasteiger charge is 2.71. The molecule has 4 fully saturated rings. The predicted molar refractivity (Wildman–Crippen MR) is 137 cm³/mol. The Morgan fingerprint density at radius 2 is 1.94 bits per heavy atom. The zero-order valence-corrected chi connectivity index (χ0v) is 21.4. The van der Waals surface area contributed by atoms with Gasteiger partial charge in [-0.1, -0.05) is 42.8 Å². The van der Waals surface area contributed by atoms with Crippen LogP contribution < -0.4 is 0 Å². The second-order valence-electron chi connectivity index (χ2n) is 12.2. The molecular formula is C30H32ClNO4. The quantitative estimate of drug-likeness (QED) is 0.483. The van der Waals surface area contributed by atoms with Crippen LogP contribution in [0.15, 0.2) is 53.8 Å². The fourth-order valence-corrected chi connectivity index (χ4v) is 9.23. The standard InChI is InChI=1S/C30H32ClNO4/c1-26-8-4-21-16-20-5-9-28(34-14-15-35-28)18-27(20)11-12-29(21,36-27)24(26)6-10-30(26,33)22-3-2-19-7-13-32-25(31)23(19)17-22/h2-4,7,13,16-17,24,33H,5-6,8-12,14-15,18H2,1H3/t24-,26?,27-,29-,30-/m1/s1. The van der Waals surface area contributed by atoms with Crippen LogP contribution >= 0.6 is 11.6 Å². The summed E-state index contributed by atoms with van der Waals surface area (Å²) in [7, 11) is 0. The molecule has 3 aliphatic carbocycles. The molecule has 1 N–H and O–H groups in total. The minimum absolute atomic E-state index is 0.232. The van der Waals surface area contributed by atoms with Crippen molar-refractivity contribution in [2.75, 3.05) is 13.2 Å². The topological polar surface area (TPSA) is 60.8 Å². The van der Waals surface area contributed by atoms with Crippen molar-refractivity contribution in [3.8, 4) is 0 Å². The fourth-order valence-electron chi connectivity index (χ4n) is 9.01. The molecule has 1 aromatic carbocycles. The molecule has 3 aliphatic heterocycles. The van der Waals surface area contributed by atoms with Crippen molar-refractivity contribution < 1.29 is 19.3 Å². The Hall–Kier alpha value is -1.76. The van der Waals surface area contributed by atoms with Crippen LogP contribution in [0.3, 0.4) is 0 Å². The monoisotopic (exact) mass is 505 g/mol. The number of rotatable bonds is 1. The molecule has 188 valence electrons. The Labute approximate surface area is 216 Å². The molecule has 6 aliphatic rings. The maximum absolute atomic E-state index is 12.5. The Balaban J connectivity index is 1.21. The lowest BCUT2D eigenvalue weighted by Gasteiger charge is -2.56. The van der Waals surface area contributed by atoms with Gasteiger partial charge in [0, 0.05) is 35.8 Å². The van der Waals surface area contributed by atoms with Gasteiger partial charge in [0.05, 0.1) is 30.0 Å². The second kappa shape index (κ2) is 7.00. The minimum atomic E-state index is -0.962. The lowest BCUT2D eigenvalue weighted by Crippen LogP contribution is -2.58. The molecule has 1 unspecified atom stereocenters. The zero-order valence-electron chi connectivity index (χ0n) is 20.7. The third-order valence-corrected chi connectivity index (χ3v) is 11.1. The number of pyridine rings is 1. The highest BCUT2D eigenvalue weighted by Crippen LogP contribution is 2.71. The first kappa shape index (κ1) is 22.2. The SMILES string of the molecule is CC12CC=C3C=C4CCC5(C[C@]46CC[C@]3(O6)[C@@H]1CC[C@@]2(O)c1ccc2ccnc(Cl)c2c1)OCCO5. The molecule has 3 spiro atoms. The van der Waals surface area contributed by atoms with E-state index in [1.54, 1.807) is 6.20 Å². The van der Waals surface area contributed by atoms with E-state index in [1.807, 2.05) is 6.07 Å². The average molecular weight is 506 g/mol. The summed E-state index contributed by atoms with van der Waals surface area (Å²) in [5.41, 5.74) is 1.73. The number of fused-ring (bicyclic) bond motifs is 2. The van der Waals surface area contributed by atoms with Crippen molar-refractivity contribution in [3.05, 3.63) is 64.5 Å². The van der Waals surface area contributed by atoms with E-state index in [0.717, 1.165) is 61.3 Å². The number of allylic oxidation sites excluding steroid dienone is 1. The number of halogens is 1. The predicted octanol–water partition coefficient (Wildman–Crippen LogP) is 5.98. The van der Waals surface area contributed by atoms with Crippen molar-refractivity contribution >= 4 is 22.4 Å². The Morgan fingerprint density at radius 3 is 2.81 bits per heavy atom. The molecule has 5 nitrogen and oxygen atoms in total. The largest absolute Gasteiger partial charge is 0.385 e. The molecule has 0 amide bonds. The molecule has 4 heterocycles. The second-order valence-corrected chi connectivity index (χ2v) is 12.6. The Bertz CT molecular complexity index is 1360. The van der Waals surface area contributed by atoms with E-state index in [0.29, 0.717) is 24.8 Å². The van der Waals surface area contributed by atoms with Crippen LogP contribution in [-0.2, 0) is 19.8 Å². The van der Waals surface area contributed by atoms with E-state index in [4.69, 9.17) is 25.8 Å². The van der Waals surface area contributed by atoms with Gasteiger partial charge in [0.1, 0.15) is 5.15 Å². The van der Waals surface area contributed by atoms with E-state index >= 15 is 0 Å². The van der Waals surface area contributed by atoms with Crippen molar-refractivity contribution in [3.63, 3.8) is 0 Å². The number of nitrogens with zero attached hydrogens (tertiary/aromatic N) is 1. The molecule has 6 heteroatoms. The normalized spacial score (nSPS) is 42.1. The Morgan fingerprint density at radius 1 is 1.08 bits per heavy atom. The molecule has 2 bridgehead atoms. The van der Waals surface area contributed by atoms with Gasteiger partial charge in [-0.25, -0.2) is 4.98 Å². The van der Waals surface area contributed by atoms with Crippen LogP contribution in [0.5, 0.6) is 0 Å². The minimum Gasteiger partial charge on any atom is -0.385 e. The first-order chi connectivity index (χ1) is 17.3. The molecule has 2 aromatic rings. The first-order valence-electron chi connectivity index (χ1n) is 13.5. The third kappa shape index (κ3) is 2.59. The number of ether oxygens (including phenoxy) is 3. The summed E-state index contributed by atoms with van der Waals surface area (Å²) in [6, 6.07) is 8.17. The van der Waals surface area contributed by atoms with Crippen molar-refractivity contribution in [2.24, 2.45) is 11.3 Å². The first-order valence-corrected chi connectivity index (χ1v) is 13.9. The maximum atomic E-state index is 12.5. The van der Waals surface area contributed by atoms with Crippen LogP contribution in [0.4, 0.5) is 0 Å². The van der Waals surface area contributed by atoms with Crippen LogP contribution in [0, 0.1) is 11.3 Å². The highest BCUT2D eigenvalue weighted by atomic mass is 35.5. The smallest absolute Gasteiger partial charge is 0.171 e. The maximum Gasteiger partial charge on any atom is 0.171 e. The Kier molecular flexibility index (Phi) is 4.33. The number of benzene rings is 1. The van der Waals surface area contributed by atoms with E-state index in [-0.39, 0.29) is 22.5 Å². The third-order valence-electron chi connectivity index (χ3n) is 10.8. The van der Waals surface area contributed by atoms with Gasteiger partial charge < -0.3 is 19.3 Å². The van der Waals surface area contributed by atoms with Crippen LogP contribution in [0.2, 0.25) is 5.15 Å². The van der Waals surface area contributed by atoms with Crippen LogP contribution in [0.25, 0.3) is 10.8 Å². The number of hydrogen-bond acceptors (Lipinski definition) is 5. The molecular weight excluding hydrogens is 474 g/mol. The summed E-state index contributed by atoms with van der Waals surface area (Å²) in [6.45, 7) is 3.62. The summed E-state index contributed by atoms with van der Waals surface area (Å²) in [5.74, 6) is -0.257. The fraction of sp³-hybridized carbons (Fsp3) is 0.567. The number of hydrogen-bond donors (Lipinski definition) is 1. The summed E-state index contributed by atoms with van der Waals surface area (Å²) in [6.07, 6.45) is 13.7. The zero-order chi connectivity index (χ0) is 24.4. The highest BCUT2D eigenvalue weighted by molar-refractivity contribution is 6.34. The average Bonchev–Trinajstić information content (AvgIpc) is 3.53. The van der Waals surface area contributed by atoms with Crippen LogP contribution in [-0.4, -0.2) is 40.3 Å². The molecule has 2 saturated carbocycles. The van der Waals surface area contributed by atoms with Crippen molar-refractivity contribution in [1.82, 2.24) is 4.98 Å². The van der Waals surface area contributed by atoms with E-state index in [2.05, 4.69) is 42.3 Å². The lowest BCUT2D eigenvalue weighted by atomic mass is 9.56. The number of aliphatic hydroxyl groups is 1. The van der Waals surface area contributed by atoms with Gasteiger partial charge in [-0.05, 0) is 72.8 Å². The van der Waals surface area contributed by atoms with Gasteiger partial charge in [-0.2, -0.15) is 0 Å². The van der Waals surface area contributed by atoms with Crippen molar-refractivity contribution in [1.29, 1.82) is 0 Å². The van der Waals surface area contributed by atoms with E-state index in [1.165, 1.54) is 11.1 Å². The van der Waals surface area contributed by atoms with Gasteiger partial charge in [0.25, 0.3) is 0 Å². The summed E-state index contributed by atoms with van der Waals surface area (Å²) in [5, 5.41) is 14.9. The van der Waals surface area contributed by atoms with Gasteiger partial charge in [-0.15, -0.1) is 0 Å². The van der Waals surface area contributed by atoms with Gasteiger partial charge >= 0.3 is 0 Å². The lowest BCUT2D eigenvalue weighted by molar-refractivity contribution is -0.230. The van der Waals surface area contributed by atoms with E-state index in [9.17, 15) is 5.11 Å². The molecule has 0 radical (unpaired) electrons. The summed E-state index contributed by atoms with van der Waals surface area (Å²) >= 11 is 6.46. The summed E-state index contributed by atoms with van der Waals surface area (Å²) < 4.78 is 19.6. The number of aromatic nitrogens is 1. The summed E-state index contributed by atoms with van der Waals surface area (Å²) in [4.78, 5) is 4.28. The van der Waals surface area contributed by atoms with Gasteiger partial charge in [-0.3, -0.25) is 0 Å². The van der Waals surface area contributed by atoms with Crippen molar-refractivity contribution in [2.45, 2.75) is 80.9 Å².